The van der Waals surface area contributed by atoms with Crippen molar-refractivity contribution in [2.45, 2.75) is 6.92 Å². The number of rotatable bonds is 1. The quantitative estimate of drug-likeness (QED) is 0.604. The van der Waals surface area contributed by atoms with Gasteiger partial charge < -0.3 is 4.42 Å². The molecule has 0 saturated heterocycles. The first-order chi connectivity index (χ1) is 7.34. The Bertz CT molecular complexity index is 595. The monoisotopic (exact) mass is 199 g/mol. The van der Waals surface area contributed by atoms with Crippen molar-refractivity contribution in [2.24, 2.45) is 0 Å². The lowest BCUT2D eigenvalue weighted by atomic mass is 10.4. The molecule has 0 atom stereocenters. The minimum absolute atomic E-state index is 0.620. The average Bonchev–Trinajstić information content (AvgIpc) is 2.86. The van der Waals surface area contributed by atoms with Gasteiger partial charge >= 0.3 is 0 Å². The normalized spacial score (nSPS) is 11.0. The summed E-state index contributed by atoms with van der Waals surface area (Å²) in [6.07, 6.45) is 1.62. The molecule has 0 amide bonds. The zero-order valence-electron chi connectivity index (χ0n) is 8.21. The van der Waals surface area contributed by atoms with Gasteiger partial charge in [-0.15, -0.1) is 5.10 Å². The first-order valence-electron chi connectivity index (χ1n) is 4.71. The van der Waals surface area contributed by atoms with E-state index in [1.165, 1.54) is 0 Å². The highest BCUT2D eigenvalue weighted by molar-refractivity contribution is 5.52. The van der Waals surface area contributed by atoms with Crippen LogP contribution in [-0.4, -0.2) is 14.6 Å². The topological polar surface area (TPSA) is 43.3 Å². The van der Waals surface area contributed by atoms with E-state index in [1.54, 1.807) is 10.8 Å². The Kier molecular flexibility index (Phi) is 1.62. The zero-order valence-corrected chi connectivity index (χ0v) is 8.21. The second-order valence-corrected chi connectivity index (χ2v) is 3.35. The molecule has 4 nitrogen and oxygen atoms in total. The molecule has 0 aliphatic carbocycles. The van der Waals surface area contributed by atoms with Crippen molar-refractivity contribution in [3.8, 4) is 11.6 Å². The van der Waals surface area contributed by atoms with Gasteiger partial charge in [0.15, 0.2) is 11.4 Å². The molecule has 3 aromatic rings. The van der Waals surface area contributed by atoms with Gasteiger partial charge in [0.25, 0.3) is 0 Å². The zero-order chi connectivity index (χ0) is 10.3. The summed E-state index contributed by atoms with van der Waals surface area (Å²) in [5.41, 5.74) is 1.89. The van der Waals surface area contributed by atoms with E-state index in [0.29, 0.717) is 11.6 Å². The molecule has 0 unspecified atom stereocenters. The Balaban J connectivity index is 2.27. The number of nitrogens with zero attached hydrogens (tertiary/aromatic N) is 3. The van der Waals surface area contributed by atoms with Gasteiger partial charge in [-0.05, 0) is 31.2 Å². The van der Waals surface area contributed by atoms with Crippen LogP contribution in [0.4, 0.5) is 0 Å². The van der Waals surface area contributed by atoms with Crippen LogP contribution < -0.4 is 0 Å². The molecule has 0 aliphatic heterocycles. The molecular weight excluding hydrogens is 190 g/mol. The Hall–Kier alpha value is -2.10. The Morgan fingerprint density at radius 3 is 2.87 bits per heavy atom. The first-order valence-corrected chi connectivity index (χ1v) is 4.71. The third-order valence-electron chi connectivity index (χ3n) is 2.29. The van der Waals surface area contributed by atoms with Crippen molar-refractivity contribution in [2.75, 3.05) is 0 Å². The summed E-state index contributed by atoms with van der Waals surface area (Å²) in [5.74, 6) is 1.31. The van der Waals surface area contributed by atoms with E-state index < -0.39 is 0 Å². The highest BCUT2D eigenvalue weighted by Crippen LogP contribution is 2.16. The molecule has 74 valence electrons. The molecule has 0 N–H and O–H groups in total. The Morgan fingerprint density at radius 2 is 2.13 bits per heavy atom. The summed E-state index contributed by atoms with van der Waals surface area (Å²) in [4.78, 5) is 4.37. The molecule has 3 heterocycles. The molecule has 15 heavy (non-hydrogen) atoms. The molecule has 3 rings (SSSR count). The summed E-state index contributed by atoms with van der Waals surface area (Å²) in [6, 6.07) is 9.56. The molecule has 0 saturated carbocycles. The third-order valence-corrected chi connectivity index (χ3v) is 2.29. The van der Waals surface area contributed by atoms with Crippen LogP contribution in [0.5, 0.6) is 0 Å². The minimum atomic E-state index is 0.620. The van der Waals surface area contributed by atoms with Crippen molar-refractivity contribution in [3.05, 3.63) is 42.3 Å². The second-order valence-electron chi connectivity index (χ2n) is 3.35. The number of furan rings is 1. The van der Waals surface area contributed by atoms with Crippen LogP contribution in [0.2, 0.25) is 0 Å². The lowest BCUT2D eigenvalue weighted by Crippen LogP contribution is -1.91. The molecule has 0 spiro atoms. The van der Waals surface area contributed by atoms with Gasteiger partial charge in [0.1, 0.15) is 0 Å². The lowest BCUT2D eigenvalue weighted by molar-refractivity contribution is 0.577. The number of pyridine rings is 1. The van der Waals surface area contributed by atoms with Crippen molar-refractivity contribution in [1.29, 1.82) is 0 Å². The molecule has 0 bridgehead atoms. The predicted molar refractivity (Wildman–Crippen MR) is 55.4 cm³/mol. The third kappa shape index (κ3) is 1.22. The SMILES string of the molecule is Cc1cccc2nc(-c3ccco3)nn12. The maximum absolute atomic E-state index is 5.25. The fourth-order valence-electron chi connectivity index (χ4n) is 1.55. The number of aryl methyl sites for hydroxylation is 1. The second kappa shape index (κ2) is 2.95. The summed E-state index contributed by atoms with van der Waals surface area (Å²) < 4.78 is 7.05. The number of fused-ring (bicyclic) bond motifs is 1. The van der Waals surface area contributed by atoms with E-state index in [-0.39, 0.29) is 0 Å². The van der Waals surface area contributed by atoms with Gasteiger partial charge in [-0.1, -0.05) is 6.07 Å². The van der Waals surface area contributed by atoms with Crippen molar-refractivity contribution in [1.82, 2.24) is 14.6 Å². The predicted octanol–water partition coefficient (Wildman–Crippen LogP) is 2.30. The van der Waals surface area contributed by atoms with Crippen LogP contribution in [-0.2, 0) is 0 Å². The van der Waals surface area contributed by atoms with Crippen LogP contribution in [0.15, 0.2) is 41.0 Å². The maximum Gasteiger partial charge on any atom is 0.217 e. The van der Waals surface area contributed by atoms with E-state index in [0.717, 1.165) is 11.3 Å². The summed E-state index contributed by atoms with van der Waals surface area (Å²) in [7, 11) is 0. The van der Waals surface area contributed by atoms with E-state index >= 15 is 0 Å². The minimum Gasteiger partial charge on any atom is -0.461 e. The van der Waals surface area contributed by atoms with Crippen molar-refractivity contribution in [3.63, 3.8) is 0 Å². The fraction of sp³-hybridized carbons (Fsp3) is 0.0909. The summed E-state index contributed by atoms with van der Waals surface area (Å²) >= 11 is 0. The smallest absolute Gasteiger partial charge is 0.217 e. The van der Waals surface area contributed by atoms with E-state index in [4.69, 9.17) is 4.42 Å². The molecule has 0 aromatic carbocycles. The van der Waals surface area contributed by atoms with E-state index in [1.807, 2.05) is 37.3 Å². The Labute approximate surface area is 86.2 Å². The average molecular weight is 199 g/mol. The number of aromatic nitrogens is 3. The van der Waals surface area contributed by atoms with Crippen LogP contribution in [0.3, 0.4) is 0 Å². The van der Waals surface area contributed by atoms with Crippen molar-refractivity contribution < 1.29 is 4.42 Å². The van der Waals surface area contributed by atoms with E-state index in [9.17, 15) is 0 Å². The van der Waals surface area contributed by atoms with Gasteiger partial charge in [-0.2, -0.15) is 0 Å². The fourth-order valence-corrected chi connectivity index (χ4v) is 1.55. The van der Waals surface area contributed by atoms with E-state index in [2.05, 4.69) is 10.1 Å². The van der Waals surface area contributed by atoms with Crippen LogP contribution in [0, 0.1) is 6.92 Å². The standard InChI is InChI=1S/C11H9N3O/c1-8-4-2-6-10-12-11(13-14(8)10)9-5-3-7-15-9/h2-7H,1H3. The summed E-state index contributed by atoms with van der Waals surface area (Å²) in [5, 5.41) is 4.37. The molecule has 4 heteroatoms. The molecule has 3 aromatic heterocycles. The largest absolute Gasteiger partial charge is 0.461 e. The van der Waals surface area contributed by atoms with Gasteiger partial charge in [-0.25, -0.2) is 9.50 Å². The first kappa shape index (κ1) is 8.23. The van der Waals surface area contributed by atoms with Crippen LogP contribution >= 0.6 is 0 Å². The number of hydrogen-bond donors (Lipinski definition) is 0. The van der Waals surface area contributed by atoms with Gasteiger partial charge in [0.2, 0.25) is 5.82 Å². The molecular formula is C11H9N3O. The molecule has 0 aliphatic rings. The highest BCUT2D eigenvalue weighted by atomic mass is 16.3. The van der Waals surface area contributed by atoms with Gasteiger partial charge in [0, 0.05) is 5.69 Å². The Morgan fingerprint density at radius 1 is 1.20 bits per heavy atom. The van der Waals surface area contributed by atoms with Gasteiger partial charge in [0.05, 0.1) is 6.26 Å². The number of hydrogen-bond acceptors (Lipinski definition) is 3. The molecule has 0 radical (unpaired) electrons. The highest BCUT2D eigenvalue weighted by Gasteiger charge is 2.08. The van der Waals surface area contributed by atoms with Gasteiger partial charge in [-0.3, -0.25) is 0 Å². The maximum atomic E-state index is 5.25. The van der Waals surface area contributed by atoms with Crippen molar-refractivity contribution >= 4 is 5.65 Å². The molecule has 0 fully saturated rings. The van der Waals surface area contributed by atoms with Crippen LogP contribution in [0.1, 0.15) is 5.69 Å². The van der Waals surface area contributed by atoms with Crippen LogP contribution in [0.25, 0.3) is 17.2 Å². The summed E-state index contributed by atoms with van der Waals surface area (Å²) in [6.45, 7) is 1.99. The lowest BCUT2D eigenvalue weighted by Gasteiger charge is -1.93.